The van der Waals surface area contributed by atoms with Crippen LogP contribution in [0, 0.1) is 215 Å². The van der Waals surface area contributed by atoms with E-state index < -0.39 is 400 Å². The lowest BCUT2D eigenvalue weighted by Crippen LogP contribution is -2.62. The highest BCUT2D eigenvalue weighted by Crippen LogP contribution is 2.44. The van der Waals surface area contributed by atoms with E-state index in [1.165, 1.54) is 0 Å². The number of hydrogen-bond acceptors (Lipinski definition) is 6. The van der Waals surface area contributed by atoms with Crippen molar-refractivity contribution in [2.75, 3.05) is 40.1 Å². The molecule has 0 heterocycles. The molecule has 8 rings (SSSR count). The Morgan fingerprint density at radius 3 is 0.518 bits per heavy atom. The Bertz CT molecular complexity index is 5760. The maximum absolute atomic E-state index is 14.4. The maximum atomic E-state index is 14.4. The number of hydrogen-bond donors (Lipinski definition) is 0. The smallest absolute Gasteiger partial charge is 0.403 e. The van der Waals surface area contributed by atoms with Crippen molar-refractivity contribution >= 4 is 154 Å². The van der Waals surface area contributed by atoms with Crippen LogP contribution in [-0.2, 0) is 45.1 Å². The first-order chi connectivity index (χ1) is 63.9. The first-order valence-electron chi connectivity index (χ1n) is 34.6. The van der Waals surface area contributed by atoms with Crippen LogP contribution < -0.4 is 41.5 Å². The molecule has 0 aliphatic heterocycles. The van der Waals surface area contributed by atoms with E-state index in [0.717, 1.165) is 48.3 Å². The van der Waals surface area contributed by atoms with E-state index in [4.69, 9.17) is 66.5 Å². The third-order valence-electron chi connectivity index (χ3n) is 16.7. The largest absolute Gasteiger partial charge is 0.448 e. The van der Waals surface area contributed by atoms with Gasteiger partial charge in [0.25, 0.3) is 0 Å². The Kier molecular flexibility index (Phi) is 42.8. The van der Waals surface area contributed by atoms with Gasteiger partial charge in [0.05, 0.1) is 41.5 Å². The lowest BCUT2D eigenvalue weighted by molar-refractivity contribution is -0.144. The molecule has 141 heavy (non-hydrogen) atoms. The molecule has 0 aliphatic rings. The van der Waals surface area contributed by atoms with Gasteiger partial charge in [-0.05, 0) is 41.2 Å². The molecule has 6 nitrogen and oxygen atoms in total. The standard InChI is InChI=1S/C16H5ClF14OSi.C14H5ClF10OSi.C11H5ClF10OSi.C10H5ClF8OSi.C9H5ClF8OSi.C8H6ClF5OSi/c1-2-32-33(17,13-9(22)5(18)3(15(26,27)28)6(19)10(13)23)14-11(24)7(20)4(16(29,30)31)8(21)12(14)25;1-2-26-27(15,13-9(22)5(18)3(16)6(19)10(13)23)14-11(24)7(20)4(17)8(21)12(14)25;1-2-23-24(12,10(19)9(17)18)8-6(15)4(13)3(11(20,21)22)5(14)7(8)16;1-2-20-21(11,10(19)9(17)18)8-6(15)4(13)3(12)5(14)7(8)16;1-2-19-20(10,9(16,17)18)8-6(14)4(12)3(11)5(13)7(8)15;1-15-16(2,9)8-6(13)4(11)3(10)5(12)7(8)14/h2H2,1H3;2H2,1H3;2H2,1H3;2H2,1H3;2H2,1H3;1-2H3. The van der Waals surface area contributed by atoms with Crippen molar-refractivity contribution in [1.82, 2.24) is 0 Å². The van der Waals surface area contributed by atoms with Crippen LogP contribution in [0.5, 0.6) is 0 Å². The van der Waals surface area contributed by atoms with Crippen molar-refractivity contribution < 1.29 is 268 Å². The molecule has 8 aromatic rings. The summed E-state index contributed by atoms with van der Waals surface area (Å²) in [5.74, 6) is -103. The van der Waals surface area contributed by atoms with Gasteiger partial charge < -0.3 is 26.6 Å². The zero-order chi connectivity index (χ0) is 111. The summed E-state index contributed by atoms with van der Waals surface area (Å²) in [7, 11) is -31.5. The third kappa shape index (κ3) is 24.5. The van der Waals surface area contributed by atoms with Gasteiger partial charge in [-0.3, -0.25) is 0 Å². The first-order valence-corrected chi connectivity index (χ1v) is 52.7. The fourth-order valence-electron chi connectivity index (χ4n) is 10.7. The van der Waals surface area contributed by atoms with Gasteiger partial charge in [-0.1, -0.05) is 0 Å². The molecule has 4 unspecified atom stereocenters. The fraction of sp³-hybridized carbons (Fsp3) is 0.235. The van der Waals surface area contributed by atoms with Gasteiger partial charge in [0, 0.05) is 40.1 Å². The lowest BCUT2D eigenvalue weighted by Gasteiger charge is -2.28. The number of rotatable bonds is 21. The highest BCUT2D eigenvalue weighted by molar-refractivity contribution is 7.31. The maximum Gasteiger partial charge on any atom is 0.448 e. The van der Waals surface area contributed by atoms with Gasteiger partial charge in [-0.15, -0.1) is 66.5 Å². The second-order valence-electron chi connectivity index (χ2n) is 25.1. The highest BCUT2D eigenvalue weighted by atomic mass is 35.6. The Balaban J connectivity index is 0.000000441. The van der Waals surface area contributed by atoms with E-state index in [1.54, 1.807) is 0 Å². The number of alkyl halides is 12. The molecule has 0 aromatic heterocycles. The summed E-state index contributed by atoms with van der Waals surface area (Å²) in [6.45, 7) is 2.36. The van der Waals surface area contributed by atoms with Gasteiger partial charge in [0.2, 0.25) is 29.1 Å². The summed E-state index contributed by atoms with van der Waals surface area (Å²) in [5, 5.41) is -16.2. The van der Waals surface area contributed by atoms with E-state index in [9.17, 15) is 241 Å². The minimum atomic E-state index is -6.19. The van der Waals surface area contributed by atoms with Crippen LogP contribution in [0.15, 0.2) is 23.1 Å². The summed E-state index contributed by atoms with van der Waals surface area (Å²) in [5.41, 5.74) is -14.5. The monoisotopic (exact) mass is 2370 g/mol. The molecule has 0 radical (unpaired) electrons. The van der Waals surface area contributed by atoms with Crippen molar-refractivity contribution in [3.63, 3.8) is 0 Å². The number of halogens is 61. The van der Waals surface area contributed by atoms with Gasteiger partial charge in [0.15, 0.2) is 197 Å². The van der Waals surface area contributed by atoms with Gasteiger partial charge in [-0.25, -0.2) is 171 Å². The summed E-state index contributed by atoms with van der Waals surface area (Å²) in [6.07, 6.45) is -24.2. The predicted octanol–water partition coefficient (Wildman–Crippen LogP) is 24.3. The minimum absolute atomic E-state index is 0.601. The van der Waals surface area contributed by atoms with Crippen molar-refractivity contribution in [3.05, 3.63) is 255 Å². The van der Waals surface area contributed by atoms with Crippen molar-refractivity contribution in [2.45, 2.75) is 65.5 Å². The Morgan fingerprint density at radius 2 is 0.362 bits per heavy atom. The number of benzene rings is 8. The lowest BCUT2D eigenvalue weighted by atomic mass is 10.1. The molecule has 0 saturated carbocycles. The molecule has 73 heteroatoms. The van der Waals surface area contributed by atoms with Gasteiger partial charge in [-0.2, -0.15) is 70.2 Å². The van der Waals surface area contributed by atoms with E-state index in [1.807, 2.05) is 0 Å². The normalized spacial score (nSPS) is 13.8. The van der Waals surface area contributed by atoms with Crippen LogP contribution in [-0.4, -0.2) is 91.7 Å². The molecule has 0 N–H and O–H groups in total. The quantitative estimate of drug-likeness (QED) is 0.0235. The summed E-state index contributed by atoms with van der Waals surface area (Å²) < 4.78 is 757. The SMILES string of the molecule is CCO[Si](Cl)(C(F)=C(F)F)c1c(F)c(F)c(C(F)(F)F)c(F)c1F.CCO[Si](Cl)(C(F)=C(F)F)c1c(F)c(F)c(F)c(F)c1F.CCO[Si](Cl)(c1c(F)c(F)c(C(F)(F)F)c(F)c1F)c1c(F)c(F)c(C(F)(F)F)c(F)c1F.CCO[Si](Cl)(c1c(F)c(F)c(F)c(F)c1F)C(F)(F)F.CCO[Si](Cl)(c1c(F)c(F)c(F)c(F)c1F)c1c(F)c(F)c(F)c(F)c1F.CO[Si](C)(Cl)c1c(F)c(F)c(F)c(F)c1F. The fourth-order valence-corrected chi connectivity index (χ4v) is 28.6. The van der Waals surface area contributed by atoms with Gasteiger partial charge >= 0.3 is 82.3 Å². The molecule has 0 spiro atoms. The molecule has 4 atom stereocenters. The Hall–Kier alpha value is -7.81. The zero-order valence-electron chi connectivity index (χ0n) is 67.0. The van der Waals surface area contributed by atoms with Gasteiger partial charge in [0.1, 0.15) is 16.7 Å². The summed E-state index contributed by atoms with van der Waals surface area (Å²) >= 11 is 32.9. The van der Waals surface area contributed by atoms with Crippen LogP contribution in [0.4, 0.5) is 241 Å². The summed E-state index contributed by atoms with van der Waals surface area (Å²) in [4.78, 5) is 0. The molecule has 0 aliphatic carbocycles. The van der Waals surface area contributed by atoms with Crippen molar-refractivity contribution in [3.8, 4) is 0 Å². The van der Waals surface area contributed by atoms with E-state index in [-0.39, 0.29) is 0 Å². The van der Waals surface area contributed by atoms with E-state index in [2.05, 4.69) is 26.6 Å². The van der Waals surface area contributed by atoms with Crippen LogP contribution in [0.25, 0.3) is 0 Å². The molecule has 8 aromatic carbocycles. The summed E-state index contributed by atoms with van der Waals surface area (Å²) in [6, 6.07) is 0. The topological polar surface area (TPSA) is 55.4 Å². The highest BCUT2D eigenvalue weighted by Gasteiger charge is 2.66. The third-order valence-corrected chi connectivity index (χ3v) is 40.4. The Morgan fingerprint density at radius 1 is 0.213 bits per heavy atom. The minimum Gasteiger partial charge on any atom is -0.403 e. The molecule has 0 fully saturated rings. The molecule has 0 bridgehead atoms. The molecule has 0 saturated heterocycles. The van der Waals surface area contributed by atoms with Crippen LogP contribution in [0.1, 0.15) is 51.3 Å². The van der Waals surface area contributed by atoms with Crippen LogP contribution in [0.3, 0.4) is 0 Å². The second kappa shape index (κ2) is 47.4. The van der Waals surface area contributed by atoms with E-state index >= 15 is 0 Å². The van der Waals surface area contributed by atoms with Crippen LogP contribution in [0.2, 0.25) is 6.55 Å². The Labute approximate surface area is 779 Å². The van der Waals surface area contributed by atoms with Crippen molar-refractivity contribution in [2.24, 2.45) is 0 Å². The first kappa shape index (κ1) is 127. The van der Waals surface area contributed by atoms with Crippen LogP contribution >= 0.6 is 66.5 Å². The molecule has 790 valence electrons. The average molecular weight is 2370 g/mol. The van der Waals surface area contributed by atoms with Crippen molar-refractivity contribution in [1.29, 1.82) is 0 Å². The predicted molar refractivity (Wildman–Crippen MR) is 389 cm³/mol. The average Bonchev–Trinajstić information content (AvgIpc) is 0.708. The molecular formula is C68H31Cl6F55O6Si6. The van der Waals surface area contributed by atoms with E-state index in [0.29, 0.717) is 0 Å². The second-order valence-corrected chi connectivity index (χ2v) is 50.4. The molecule has 0 amide bonds. The zero-order valence-corrected chi connectivity index (χ0v) is 77.6. The molecular weight excluding hydrogens is 2340 g/mol.